The Morgan fingerprint density at radius 1 is 1.41 bits per heavy atom. The van der Waals surface area contributed by atoms with E-state index in [2.05, 4.69) is 58.7 Å². The highest BCUT2D eigenvalue weighted by molar-refractivity contribution is 4.93. The second-order valence-electron chi connectivity index (χ2n) is 7.34. The monoisotopic (exact) mass is 240 g/mol. The summed E-state index contributed by atoms with van der Waals surface area (Å²) in [5.74, 6) is 0.740. The number of nitrogens with zero attached hydrogens (tertiary/aromatic N) is 1. The molecule has 17 heavy (non-hydrogen) atoms. The molecule has 0 radical (unpaired) electrons. The summed E-state index contributed by atoms with van der Waals surface area (Å²) >= 11 is 0. The Bertz CT molecular complexity index is 244. The summed E-state index contributed by atoms with van der Waals surface area (Å²) in [6.07, 6.45) is 1.21. The highest BCUT2D eigenvalue weighted by atomic mass is 15.2. The van der Waals surface area contributed by atoms with Crippen LogP contribution in [0.1, 0.15) is 54.9 Å². The van der Waals surface area contributed by atoms with Crippen LogP contribution in [-0.2, 0) is 0 Å². The van der Waals surface area contributed by atoms with E-state index in [9.17, 15) is 0 Å². The van der Waals surface area contributed by atoms with Gasteiger partial charge in [0.25, 0.3) is 0 Å². The second-order valence-corrected chi connectivity index (χ2v) is 7.34. The van der Waals surface area contributed by atoms with Gasteiger partial charge in [-0.3, -0.25) is 4.90 Å². The van der Waals surface area contributed by atoms with Gasteiger partial charge >= 0.3 is 0 Å². The molecule has 0 aliphatic carbocycles. The van der Waals surface area contributed by atoms with Gasteiger partial charge in [-0.05, 0) is 31.6 Å². The van der Waals surface area contributed by atoms with Gasteiger partial charge in [0, 0.05) is 31.2 Å². The van der Waals surface area contributed by atoms with E-state index in [4.69, 9.17) is 0 Å². The first-order valence-electron chi connectivity index (χ1n) is 7.17. The molecule has 1 N–H and O–H groups in total. The molecule has 102 valence electrons. The van der Waals surface area contributed by atoms with E-state index < -0.39 is 0 Å². The van der Waals surface area contributed by atoms with Gasteiger partial charge in [-0.25, -0.2) is 0 Å². The van der Waals surface area contributed by atoms with Crippen molar-refractivity contribution >= 4 is 0 Å². The molecule has 1 aliphatic rings. The molecular formula is C15H32N2. The second kappa shape index (κ2) is 5.27. The fourth-order valence-corrected chi connectivity index (χ4v) is 2.29. The predicted octanol–water partition coefficient (Wildman–Crippen LogP) is 3.13. The van der Waals surface area contributed by atoms with Crippen LogP contribution >= 0.6 is 0 Å². The largest absolute Gasteiger partial charge is 0.309 e. The maximum absolute atomic E-state index is 3.70. The zero-order valence-corrected chi connectivity index (χ0v) is 12.9. The molecule has 0 aromatic rings. The van der Waals surface area contributed by atoms with Crippen molar-refractivity contribution in [3.63, 3.8) is 0 Å². The lowest BCUT2D eigenvalue weighted by Gasteiger charge is -2.47. The molecule has 0 aromatic carbocycles. The first-order chi connectivity index (χ1) is 7.68. The third kappa shape index (κ3) is 3.96. The smallest absolute Gasteiger partial charge is 0.0278 e. The van der Waals surface area contributed by atoms with Gasteiger partial charge in [0.2, 0.25) is 0 Å². The third-order valence-electron chi connectivity index (χ3n) is 4.77. The molecule has 2 nitrogen and oxygen atoms in total. The van der Waals surface area contributed by atoms with Gasteiger partial charge < -0.3 is 5.32 Å². The molecule has 1 saturated heterocycles. The van der Waals surface area contributed by atoms with Gasteiger partial charge in [-0.15, -0.1) is 0 Å². The van der Waals surface area contributed by atoms with Crippen LogP contribution in [0.3, 0.4) is 0 Å². The maximum atomic E-state index is 3.70. The molecule has 3 unspecified atom stereocenters. The van der Waals surface area contributed by atoms with Crippen LogP contribution in [0.5, 0.6) is 0 Å². The van der Waals surface area contributed by atoms with E-state index >= 15 is 0 Å². The van der Waals surface area contributed by atoms with Gasteiger partial charge in [-0.1, -0.05) is 34.6 Å². The zero-order valence-electron chi connectivity index (χ0n) is 12.9. The lowest BCUT2D eigenvalue weighted by Crippen LogP contribution is -2.62. The number of rotatable bonds is 3. The fourth-order valence-electron chi connectivity index (χ4n) is 2.29. The summed E-state index contributed by atoms with van der Waals surface area (Å²) in [4.78, 5) is 2.68. The highest BCUT2D eigenvalue weighted by Gasteiger charge is 2.34. The Kier molecular flexibility index (Phi) is 4.65. The SMILES string of the molecule is CCC1(C)CN(CC(C)C(C)(C)C)C(C)CN1. The summed E-state index contributed by atoms with van der Waals surface area (Å²) in [6.45, 7) is 20.0. The molecule has 0 aromatic heterocycles. The molecule has 1 rings (SSSR count). The Morgan fingerprint density at radius 3 is 2.47 bits per heavy atom. The maximum Gasteiger partial charge on any atom is 0.0278 e. The van der Waals surface area contributed by atoms with Crippen LogP contribution in [0, 0.1) is 11.3 Å². The quantitative estimate of drug-likeness (QED) is 0.815. The molecule has 1 heterocycles. The van der Waals surface area contributed by atoms with Gasteiger partial charge in [-0.2, -0.15) is 0 Å². The van der Waals surface area contributed by atoms with Crippen LogP contribution < -0.4 is 5.32 Å². The van der Waals surface area contributed by atoms with E-state index in [1.54, 1.807) is 0 Å². The zero-order chi connectivity index (χ0) is 13.3. The molecule has 0 saturated carbocycles. The van der Waals surface area contributed by atoms with Crippen molar-refractivity contribution in [1.82, 2.24) is 10.2 Å². The molecule has 1 fully saturated rings. The van der Waals surface area contributed by atoms with Crippen molar-refractivity contribution in [2.45, 2.75) is 66.5 Å². The van der Waals surface area contributed by atoms with Crippen molar-refractivity contribution in [2.24, 2.45) is 11.3 Å². The van der Waals surface area contributed by atoms with E-state index in [-0.39, 0.29) is 0 Å². The van der Waals surface area contributed by atoms with Gasteiger partial charge in [0.1, 0.15) is 0 Å². The fraction of sp³-hybridized carbons (Fsp3) is 1.00. The molecular weight excluding hydrogens is 208 g/mol. The molecule has 1 aliphatic heterocycles. The van der Waals surface area contributed by atoms with Crippen LogP contribution in [0.4, 0.5) is 0 Å². The summed E-state index contributed by atoms with van der Waals surface area (Å²) in [7, 11) is 0. The Hall–Kier alpha value is -0.0800. The van der Waals surface area contributed by atoms with Crippen molar-refractivity contribution < 1.29 is 0 Å². The number of hydrogen-bond acceptors (Lipinski definition) is 2. The first kappa shape index (κ1) is 15.0. The molecule has 0 amide bonds. The predicted molar refractivity (Wildman–Crippen MR) is 76.4 cm³/mol. The Morgan fingerprint density at radius 2 is 2.00 bits per heavy atom. The normalized spacial score (nSPS) is 33.7. The van der Waals surface area contributed by atoms with Crippen molar-refractivity contribution in [3.8, 4) is 0 Å². The minimum atomic E-state index is 0.310. The molecule has 0 bridgehead atoms. The van der Waals surface area contributed by atoms with E-state index in [1.807, 2.05) is 0 Å². The first-order valence-corrected chi connectivity index (χ1v) is 7.17. The average molecular weight is 240 g/mol. The summed E-state index contributed by atoms with van der Waals surface area (Å²) < 4.78 is 0. The van der Waals surface area contributed by atoms with Crippen molar-refractivity contribution in [3.05, 3.63) is 0 Å². The number of piperazine rings is 1. The van der Waals surface area contributed by atoms with Gasteiger partial charge in [0.05, 0.1) is 0 Å². The van der Waals surface area contributed by atoms with E-state index in [0.717, 1.165) is 12.5 Å². The Labute approximate surface area is 108 Å². The molecule has 2 heteroatoms. The van der Waals surface area contributed by atoms with Crippen LogP contribution in [0.25, 0.3) is 0 Å². The Balaban J connectivity index is 2.62. The average Bonchev–Trinajstić information content (AvgIpc) is 2.22. The lowest BCUT2D eigenvalue weighted by molar-refractivity contribution is 0.0595. The van der Waals surface area contributed by atoms with Gasteiger partial charge in [0.15, 0.2) is 0 Å². The van der Waals surface area contributed by atoms with Crippen molar-refractivity contribution in [2.75, 3.05) is 19.6 Å². The summed E-state index contributed by atoms with van der Waals surface area (Å²) in [5, 5.41) is 3.70. The summed E-state index contributed by atoms with van der Waals surface area (Å²) in [5.41, 5.74) is 0.720. The number of hydrogen-bond donors (Lipinski definition) is 1. The minimum Gasteiger partial charge on any atom is -0.309 e. The van der Waals surface area contributed by atoms with Crippen molar-refractivity contribution in [1.29, 1.82) is 0 Å². The molecule has 0 spiro atoms. The van der Waals surface area contributed by atoms with Crippen LogP contribution in [0.15, 0.2) is 0 Å². The minimum absolute atomic E-state index is 0.310. The molecule has 3 atom stereocenters. The van der Waals surface area contributed by atoms with E-state index in [1.165, 1.54) is 19.5 Å². The third-order valence-corrected chi connectivity index (χ3v) is 4.77. The lowest BCUT2D eigenvalue weighted by atomic mass is 9.81. The number of nitrogens with one attached hydrogen (secondary N) is 1. The standard InChI is InChI=1S/C15H32N2/c1-8-15(7)11-17(13(3)9-16-15)10-12(2)14(4,5)6/h12-13,16H,8-11H2,1-7H3. The van der Waals surface area contributed by atoms with Crippen LogP contribution in [-0.4, -0.2) is 36.1 Å². The topological polar surface area (TPSA) is 15.3 Å². The van der Waals surface area contributed by atoms with Crippen LogP contribution in [0.2, 0.25) is 0 Å². The van der Waals surface area contributed by atoms with E-state index in [0.29, 0.717) is 17.0 Å². The highest BCUT2D eigenvalue weighted by Crippen LogP contribution is 2.28. The summed E-state index contributed by atoms with van der Waals surface area (Å²) in [6, 6.07) is 0.666.